The number of fused-ring (bicyclic) bond motifs is 2. The number of hydrogen-bond acceptors (Lipinski definition) is 5. The topological polar surface area (TPSA) is 70.5 Å². The van der Waals surface area contributed by atoms with Crippen molar-refractivity contribution in [1.29, 1.82) is 0 Å². The summed E-state index contributed by atoms with van der Waals surface area (Å²) in [4.78, 5) is 30.4. The summed E-state index contributed by atoms with van der Waals surface area (Å²) >= 11 is 1.28. The lowest BCUT2D eigenvalue weighted by atomic mass is 10.1. The van der Waals surface area contributed by atoms with Crippen LogP contribution in [0.4, 0.5) is 5.13 Å². The molecule has 108 valence electrons. The molecule has 0 saturated heterocycles. The molecular weight excluding hydrogens is 300 g/mol. The number of nitrogens with zero attached hydrogens (tertiary/aromatic N) is 2. The van der Waals surface area contributed by atoms with Gasteiger partial charge >= 0.3 is 0 Å². The fourth-order valence-electron chi connectivity index (χ4n) is 2.56. The summed E-state index contributed by atoms with van der Waals surface area (Å²) in [5.74, 6) is -1.17. The van der Waals surface area contributed by atoms with Crippen LogP contribution in [-0.4, -0.2) is 21.9 Å². The number of imide groups is 1. The molecule has 0 radical (unpaired) electrons. The SMILES string of the molecule is Cc1ccc2nc(N3C(=O)c4cccc(O)c4C3=O)sc2c1. The number of rotatable bonds is 1. The second-order valence-corrected chi connectivity index (χ2v) is 6.12. The van der Waals surface area contributed by atoms with Crippen molar-refractivity contribution in [2.24, 2.45) is 0 Å². The Morgan fingerprint density at radius 1 is 1.14 bits per heavy atom. The Morgan fingerprint density at radius 2 is 1.95 bits per heavy atom. The third kappa shape index (κ3) is 1.67. The van der Waals surface area contributed by atoms with Gasteiger partial charge in [-0.2, -0.15) is 0 Å². The monoisotopic (exact) mass is 310 g/mol. The summed E-state index contributed by atoms with van der Waals surface area (Å²) in [6, 6.07) is 10.2. The summed E-state index contributed by atoms with van der Waals surface area (Å²) in [6.45, 7) is 1.97. The van der Waals surface area contributed by atoms with Gasteiger partial charge in [0.25, 0.3) is 11.8 Å². The molecule has 1 aliphatic heterocycles. The molecule has 1 N–H and O–H groups in total. The second-order valence-electron chi connectivity index (χ2n) is 5.11. The van der Waals surface area contributed by atoms with Crippen LogP contribution in [0.1, 0.15) is 26.3 Å². The van der Waals surface area contributed by atoms with Crippen LogP contribution in [-0.2, 0) is 0 Å². The van der Waals surface area contributed by atoms with Gasteiger partial charge in [-0.15, -0.1) is 0 Å². The Bertz CT molecular complexity index is 961. The lowest BCUT2D eigenvalue weighted by Gasteiger charge is -2.08. The number of carbonyl (C=O) groups is 2. The zero-order valence-electron chi connectivity index (χ0n) is 11.5. The van der Waals surface area contributed by atoms with E-state index in [2.05, 4.69) is 4.98 Å². The number of aromatic hydroxyl groups is 1. The van der Waals surface area contributed by atoms with Crippen molar-refractivity contribution in [2.45, 2.75) is 6.92 Å². The van der Waals surface area contributed by atoms with E-state index in [9.17, 15) is 14.7 Å². The maximum Gasteiger partial charge on any atom is 0.271 e. The van der Waals surface area contributed by atoms with E-state index in [1.54, 1.807) is 6.07 Å². The van der Waals surface area contributed by atoms with Crippen molar-refractivity contribution in [1.82, 2.24) is 4.98 Å². The van der Waals surface area contributed by atoms with Crippen LogP contribution >= 0.6 is 11.3 Å². The summed E-state index contributed by atoms with van der Waals surface area (Å²) in [7, 11) is 0. The highest BCUT2D eigenvalue weighted by atomic mass is 32.1. The highest BCUT2D eigenvalue weighted by Gasteiger charge is 2.40. The molecule has 2 amide bonds. The molecule has 22 heavy (non-hydrogen) atoms. The van der Waals surface area contributed by atoms with Crippen molar-refractivity contribution in [3.05, 3.63) is 53.1 Å². The first kappa shape index (κ1) is 13.0. The van der Waals surface area contributed by atoms with Gasteiger partial charge in [-0.25, -0.2) is 9.88 Å². The molecule has 1 aromatic heterocycles. The average molecular weight is 310 g/mol. The van der Waals surface area contributed by atoms with Gasteiger partial charge in [0.05, 0.1) is 21.3 Å². The van der Waals surface area contributed by atoms with Crippen LogP contribution in [0, 0.1) is 6.92 Å². The largest absolute Gasteiger partial charge is 0.507 e. The maximum absolute atomic E-state index is 12.5. The number of benzene rings is 2. The summed E-state index contributed by atoms with van der Waals surface area (Å²) < 4.78 is 0.913. The molecule has 0 fully saturated rings. The summed E-state index contributed by atoms with van der Waals surface area (Å²) in [5.41, 5.74) is 2.08. The fraction of sp³-hybridized carbons (Fsp3) is 0.0625. The quantitative estimate of drug-likeness (QED) is 0.701. The van der Waals surface area contributed by atoms with Gasteiger partial charge in [-0.1, -0.05) is 23.5 Å². The van der Waals surface area contributed by atoms with E-state index in [0.29, 0.717) is 5.13 Å². The molecule has 0 aliphatic carbocycles. The van der Waals surface area contributed by atoms with Gasteiger partial charge in [0, 0.05) is 0 Å². The number of aryl methyl sites for hydroxylation is 1. The van der Waals surface area contributed by atoms with E-state index in [1.807, 2.05) is 25.1 Å². The second kappa shape index (κ2) is 4.38. The van der Waals surface area contributed by atoms with Crippen molar-refractivity contribution in [3.63, 3.8) is 0 Å². The molecule has 0 spiro atoms. The highest BCUT2D eigenvalue weighted by molar-refractivity contribution is 7.22. The molecule has 3 aromatic rings. The van der Waals surface area contributed by atoms with E-state index in [1.165, 1.54) is 23.5 Å². The van der Waals surface area contributed by atoms with Gasteiger partial charge in [-0.3, -0.25) is 9.59 Å². The number of hydrogen-bond donors (Lipinski definition) is 1. The van der Waals surface area contributed by atoms with Crippen molar-refractivity contribution in [3.8, 4) is 5.75 Å². The van der Waals surface area contributed by atoms with Crippen molar-refractivity contribution < 1.29 is 14.7 Å². The van der Waals surface area contributed by atoms with Crippen LogP contribution in [0.3, 0.4) is 0 Å². The third-order valence-corrected chi connectivity index (χ3v) is 4.62. The Labute approximate surface area is 129 Å². The van der Waals surface area contributed by atoms with Gasteiger partial charge in [0.15, 0.2) is 0 Å². The van der Waals surface area contributed by atoms with Crippen LogP contribution in [0.2, 0.25) is 0 Å². The number of phenolic OH excluding ortho intramolecular Hbond substituents is 1. The minimum atomic E-state index is -0.533. The smallest absolute Gasteiger partial charge is 0.271 e. The minimum absolute atomic E-state index is 0.0444. The molecule has 0 bridgehead atoms. The molecule has 5 nitrogen and oxygen atoms in total. The Morgan fingerprint density at radius 3 is 2.73 bits per heavy atom. The summed E-state index contributed by atoms with van der Waals surface area (Å²) in [5, 5.41) is 10.2. The third-order valence-electron chi connectivity index (χ3n) is 3.62. The first-order valence-electron chi connectivity index (χ1n) is 6.64. The van der Waals surface area contributed by atoms with Gasteiger partial charge < -0.3 is 5.11 Å². The van der Waals surface area contributed by atoms with E-state index in [0.717, 1.165) is 20.7 Å². The zero-order valence-corrected chi connectivity index (χ0v) is 12.3. The minimum Gasteiger partial charge on any atom is -0.507 e. The first-order valence-corrected chi connectivity index (χ1v) is 7.46. The van der Waals surface area contributed by atoms with Gasteiger partial charge in [0.1, 0.15) is 5.75 Å². The van der Waals surface area contributed by atoms with Gasteiger partial charge in [-0.05, 0) is 36.8 Å². The maximum atomic E-state index is 12.5. The first-order chi connectivity index (χ1) is 10.6. The predicted molar refractivity (Wildman–Crippen MR) is 83.6 cm³/mol. The van der Waals surface area contributed by atoms with Crippen LogP contribution in [0.25, 0.3) is 10.2 Å². The fourth-order valence-corrected chi connectivity index (χ4v) is 3.62. The van der Waals surface area contributed by atoms with Crippen LogP contribution in [0.15, 0.2) is 36.4 Å². The van der Waals surface area contributed by atoms with E-state index < -0.39 is 11.8 Å². The Kier molecular flexibility index (Phi) is 2.58. The van der Waals surface area contributed by atoms with Gasteiger partial charge in [0.2, 0.25) is 5.13 Å². The van der Waals surface area contributed by atoms with Crippen molar-refractivity contribution in [2.75, 3.05) is 4.90 Å². The normalized spacial score (nSPS) is 14.0. The molecule has 2 heterocycles. The standard InChI is InChI=1S/C16H10N2O3S/c1-8-5-6-10-12(7-8)22-16(17-10)18-14(20)9-3-2-4-11(19)13(9)15(18)21/h2-7,19H,1H3. The highest BCUT2D eigenvalue weighted by Crippen LogP contribution is 2.37. The Balaban J connectivity index is 1.88. The zero-order chi connectivity index (χ0) is 15.4. The Hall–Kier alpha value is -2.73. The molecule has 0 saturated carbocycles. The van der Waals surface area contributed by atoms with Crippen LogP contribution < -0.4 is 4.90 Å². The number of anilines is 1. The lowest BCUT2D eigenvalue weighted by molar-refractivity contribution is 0.0925. The lowest BCUT2D eigenvalue weighted by Crippen LogP contribution is -2.29. The van der Waals surface area contributed by atoms with Crippen molar-refractivity contribution >= 4 is 38.5 Å². The van der Waals surface area contributed by atoms with E-state index in [-0.39, 0.29) is 16.9 Å². The number of thiazole rings is 1. The number of phenols is 1. The predicted octanol–water partition coefficient (Wildman–Crippen LogP) is 3.11. The van der Waals surface area contributed by atoms with Crippen LogP contribution in [0.5, 0.6) is 5.75 Å². The van der Waals surface area contributed by atoms with E-state index >= 15 is 0 Å². The molecule has 1 aliphatic rings. The summed E-state index contributed by atoms with van der Waals surface area (Å²) in [6.07, 6.45) is 0. The number of aromatic nitrogens is 1. The molecule has 2 aromatic carbocycles. The molecule has 4 rings (SSSR count). The molecule has 6 heteroatoms. The number of amides is 2. The molecule has 0 atom stereocenters. The van der Waals surface area contributed by atoms with E-state index in [4.69, 9.17) is 0 Å². The molecular formula is C16H10N2O3S. The average Bonchev–Trinajstić information content (AvgIpc) is 2.99. The molecule has 0 unspecified atom stereocenters. The number of carbonyl (C=O) groups excluding carboxylic acids is 2.